The molecule has 0 bridgehead atoms. The molecule has 0 radical (unpaired) electrons. The average Bonchev–Trinajstić information content (AvgIpc) is 3.20. The van der Waals surface area contributed by atoms with Gasteiger partial charge >= 0.3 is 18.1 Å². The Balaban J connectivity index is 1.81. The van der Waals surface area contributed by atoms with Crippen LogP contribution >= 0.6 is 11.6 Å². The SMILES string of the molecule is COCC(=O)OC1COCC1OC(=O)c1cc(Oc2ccc(C(F)(F)F)cc2Cl)ccc1[N+](=O)[O-]. The highest BCUT2D eigenvalue weighted by Gasteiger charge is 2.36. The second-order valence-electron chi connectivity index (χ2n) is 7.12. The molecule has 2 unspecified atom stereocenters. The quantitative estimate of drug-likeness (QED) is 0.287. The van der Waals surface area contributed by atoms with Gasteiger partial charge in [0.15, 0.2) is 12.2 Å². The van der Waals surface area contributed by atoms with Crippen LogP contribution in [-0.4, -0.2) is 56.0 Å². The van der Waals surface area contributed by atoms with Crippen LogP contribution in [0.25, 0.3) is 0 Å². The van der Waals surface area contributed by atoms with Crippen molar-refractivity contribution in [2.75, 3.05) is 26.9 Å². The molecule has 0 aliphatic carbocycles. The zero-order chi connectivity index (χ0) is 25.8. The van der Waals surface area contributed by atoms with Gasteiger partial charge < -0.3 is 23.7 Å². The Morgan fingerprint density at radius 3 is 2.43 bits per heavy atom. The summed E-state index contributed by atoms with van der Waals surface area (Å²) in [5, 5.41) is 11.1. The Labute approximate surface area is 200 Å². The van der Waals surface area contributed by atoms with E-state index in [1.165, 1.54) is 7.11 Å². The van der Waals surface area contributed by atoms with Crippen LogP contribution in [0.2, 0.25) is 5.02 Å². The van der Waals surface area contributed by atoms with Crippen molar-refractivity contribution in [3.05, 3.63) is 62.7 Å². The largest absolute Gasteiger partial charge is 0.456 e. The van der Waals surface area contributed by atoms with Crippen LogP contribution < -0.4 is 4.74 Å². The van der Waals surface area contributed by atoms with Crippen molar-refractivity contribution in [3.63, 3.8) is 0 Å². The minimum absolute atomic E-state index is 0.0644. The number of nitro groups is 1. The minimum Gasteiger partial charge on any atom is -0.456 e. The van der Waals surface area contributed by atoms with Gasteiger partial charge in [0.2, 0.25) is 0 Å². The highest BCUT2D eigenvalue weighted by Crippen LogP contribution is 2.37. The van der Waals surface area contributed by atoms with Crippen molar-refractivity contribution < 1.29 is 51.4 Å². The van der Waals surface area contributed by atoms with Gasteiger partial charge in [0.25, 0.3) is 5.69 Å². The number of alkyl halides is 3. The fourth-order valence-corrected chi connectivity index (χ4v) is 3.26. The first-order valence-corrected chi connectivity index (χ1v) is 10.2. The average molecular weight is 520 g/mol. The van der Waals surface area contributed by atoms with Crippen molar-refractivity contribution in [2.24, 2.45) is 0 Å². The highest BCUT2D eigenvalue weighted by molar-refractivity contribution is 6.32. The van der Waals surface area contributed by atoms with Gasteiger partial charge in [-0.2, -0.15) is 13.2 Å². The lowest BCUT2D eigenvalue weighted by molar-refractivity contribution is -0.385. The maximum Gasteiger partial charge on any atom is 0.416 e. The summed E-state index contributed by atoms with van der Waals surface area (Å²) < 4.78 is 64.1. The summed E-state index contributed by atoms with van der Waals surface area (Å²) in [6.07, 6.45) is -6.62. The predicted molar refractivity (Wildman–Crippen MR) is 111 cm³/mol. The van der Waals surface area contributed by atoms with E-state index in [0.29, 0.717) is 6.07 Å². The van der Waals surface area contributed by atoms with E-state index in [2.05, 4.69) is 4.74 Å². The van der Waals surface area contributed by atoms with Crippen molar-refractivity contribution in [1.29, 1.82) is 0 Å². The van der Waals surface area contributed by atoms with Crippen LogP contribution in [0.3, 0.4) is 0 Å². The van der Waals surface area contributed by atoms with E-state index in [1.54, 1.807) is 0 Å². The molecule has 14 heteroatoms. The maximum absolute atomic E-state index is 12.8. The van der Waals surface area contributed by atoms with E-state index < -0.39 is 52.1 Å². The van der Waals surface area contributed by atoms with Gasteiger partial charge in [-0.25, -0.2) is 9.59 Å². The molecule has 0 spiro atoms. The summed E-state index contributed by atoms with van der Waals surface area (Å²) in [7, 11) is 1.29. The lowest BCUT2D eigenvalue weighted by Gasteiger charge is -2.18. The Morgan fingerprint density at radius 1 is 1.14 bits per heavy atom. The molecule has 1 fully saturated rings. The molecular formula is C21H17ClF3NO9. The van der Waals surface area contributed by atoms with Gasteiger partial charge in [-0.15, -0.1) is 0 Å². The van der Waals surface area contributed by atoms with Crippen LogP contribution in [-0.2, 0) is 29.9 Å². The fraction of sp³-hybridized carbons (Fsp3) is 0.333. The molecule has 2 atom stereocenters. The number of carbonyl (C=O) groups is 2. The molecule has 35 heavy (non-hydrogen) atoms. The molecule has 1 aliphatic rings. The number of halogens is 4. The number of ether oxygens (including phenoxy) is 5. The normalized spacial score (nSPS) is 17.6. The van der Waals surface area contributed by atoms with Crippen LogP contribution in [0.5, 0.6) is 11.5 Å². The number of hydrogen-bond acceptors (Lipinski definition) is 9. The Morgan fingerprint density at radius 2 is 1.83 bits per heavy atom. The van der Waals surface area contributed by atoms with Crippen molar-refractivity contribution in [2.45, 2.75) is 18.4 Å². The number of hydrogen-bond donors (Lipinski definition) is 0. The number of rotatable bonds is 8. The summed E-state index contributed by atoms with van der Waals surface area (Å²) in [6, 6.07) is 5.45. The molecule has 10 nitrogen and oxygen atoms in total. The van der Waals surface area contributed by atoms with Gasteiger partial charge in [-0.3, -0.25) is 10.1 Å². The molecule has 3 rings (SSSR count). The molecule has 188 valence electrons. The Kier molecular flexibility index (Phi) is 8.14. The van der Waals surface area contributed by atoms with Crippen LogP contribution in [0.4, 0.5) is 18.9 Å². The van der Waals surface area contributed by atoms with Crippen LogP contribution in [0.15, 0.2) is 36.4 Å². The summed E-state index contributed by atoms with van der Waals surface area (Å²) >= 11 is 5.87. The molecule has 0 N–H and O–H groups in total. The third-order valence-corrected chi connectivity index (χ3v) is 4.95. The van der Waals surface area contributed by atoms with Crippen molar-refractivity contribution in [3.8, 4) is 11.5 Å². The zero-order valence-electron chi connectivity index (χ0n) is 17.9. The Bertz CT molecular complexity index is 1130. The van der Waals surface area contributed by atoms with E-state index in [-0.39, 0.29) is 36.3 Å². The molecule has 0 aromatic heterocycles. The first-order valence-electron chi connectivity index (χ1n) is 9.79. The van der Waals surface area contributed by atoms with Gasteiger partial charge in [0.05, 0.1) is 28.7 Å². The summed E-state index contributed by atoms with van der Waals surface area (Å²) in [4.78, 5) is 35.0. The number of nitro benzene ring substituents is 1. The second-order valence-corrected chi connectivity index (χ2v) is 7.53. The summed E-state index contributed by atoms with van der Waals surface area (Å²) in [5.74, 6) is -2.17. The topological polar surface area (TPSA) is 123 Å². The Hall–Kier alpha value is -3.42. The lowest BCUT2D eigenvalue weighted by Crippen LogP contribution is -2.35. The smallest absolute Gasteiger partial charge is 0.416 e. The first-order chi connectivity index (χ1) is 16.5. The van der Waals surface area contributed by atoms with Gasteiger partial charge in [-0.1, -0.05) is 11.6 Å². The van der Waals surface area contributed by atoms with Gasteiger partial charge in [0, 0.05) is 19.2 Å². The molecule has 2 aromatic rings. The number of carbonyl (C=O) groups excluding carboxylic acids is 2. The van der Waals surface area contributed by atoms with Gasteiger partial charge in [-0.05, 0) is 24.3 Å². The molecule has 1 saturated heterocycles. The summed E-state index contributed by atoms with van der Waals surface area (Å²) in [5.41, 5.74) is -2.13. The lowest BCUT2D eigenvalue weighted by atomic mass is 10.1. The van der Waals surface area contributed by atoms with Crippen LogP contribution in [0.1, 0.15) is 15.9 Å². The van der Waals surface area contributed by atoms with E-state index >= 15 is 0 Å². The van der Waals surface area contributed by atoms with Crippen LogP contribution in [0, 0.1) is 10.1 Å². The number of esters is 2. The van der Waals surface area contributed by atoms with E-state index in [1.807, 2.05) is 0 Å². The van der Waals surface area contributed by atoms with E-state index in [9.17, 15) is 32.9 Å². The van der Waals surface area contributed by atoms with E-state index in [0.717, 1.165) is 30.3 Å². The number of benzene rings is 2. The molecule has 0 saturated carbocycles. The second kappa shape index (κ2) is 10.9. The molecule has 0 amide bonds. The first kappa shape index (κ1) is 26.2. The van der Waals surface area contributed by atoms with Gasteiger partial charge in [0.1, 0.15) is 23.7 Å². The minimum atomic E-state index is -4.62. The van der Waals surface area contributed by atoms with E-state index in [4.69, 9.17) is 30.5 Å². The number of methoxy groups -OCH3 is 1. The predicted octanol–water partition coefficient (Wildman–Crippen LogP) is 4.17. The highest BCUT2D eigenvalue weighted by atomic mass is 35.5. The third kappa shape index (κ3) is 6.59. The monoisotopic (exact) mass is 519 g/mol. The molecule has 1 aliphatic heterocycles. The third-order valence-electron chi connectivity index (χ3n) is 4.65. The van der Waals surface area contributed by atoms with Crippen molar-refractivity contribution >= 4 is 29.2 Å². The fourth-order valence-electron chi connectivity index (χ4n) is 3.04. The zero-order valence-corrected chi connectivity index (χ0v) is 18.6. The van der Waals surface area contributed by atoms with Crippen molar-refractivity contribution in [1.82, 2.24) is 0 Å². The molecule has 1 heterocycles. The maximum atomic E-state index is 12.8. The standard InChI is InChI=1S/C21H17ClF3NO9/c1-31-10-19(27)34-17-8-32-9-18(17)35-20(28)13-7-12(3-4-15(13)26(29)30)33-16-5-2-11(6-14(16)22)21(23,24)25/h2-7,17-18H,8-10H2,1H3. The molecular weight excluding hydrogens is 503 g/mol. The number of nitrogens with zero attached hydrogens (tertiary/aromatic N) is 1. The summed E-state index contributed by atoms with van der Waals surface area (Å²) in [6.45, 7) is -0.526. The molecule has 2 aromatic carbocycles.